The van der Waals surface area contributed by atoms with Gasteiger partial charge in [0.25, 0.3) is 17.4 Å². The number of fused-ring (bicyclic) bond motifs is 2. The molecule has 0 unspecified atom stereocenters. The van der Waals surface area contributed by atoms with E-state index in [1.165, 1.54) is 22.7 Å². The number of benzene rings is 1. The zero-order chi connectivity index (χ0) is 21.3. The molecule has 0 aliphatic heterocycles. The van der Waals surface area contributed by atoms with E-state index in [1.807, 2.05) is 0 Å². The highest BCUT2D eigenvalue weighted by atomic mass is 32.1. The van der Waals surface area contributed by atoms with Crippen LogP contribution in [-0.2, 0) is 0 Å². The van der Waals surface area contributed by atoms with E-state index >= 15 is 0 Å². The van der Waals surface area contributed by atoms with Crippen molar-refractivity contribution in [3.63, 3.8) is 0 Å². The molecule has 3 N–H and O–H groups in total. The monoisotopic (exact) mass is 442 g/mol. The van der Waals surface area contributed by atoms with Crippen molar-refractivity contribution < 1.29 is 9.59 Å². The number of aromatic nitrogens is 3. The Bertz CT molecular complexity index is 1270. The Kier molecular flexibility index (Phi) is 5.46. The summed E-state index contributed by atoms with van der Waals surface area (Å²) >= 11 is 2.79. The van der Waals surface area contributed by atoms with E-state index in [9.17, 15) is 14.4 Å². The summed E-state index contributed by atoms with van der Waals surface area (Å²) in [6.45, 7) is 5.87. The van der Waals surface area contributed by atoms with Crippen LogP contribution in [0.1, 0.15) is 34.0 Å². The van der Waals surface area contributed by atoms with Crippen LogP contribution in [0.2, 0.25) is 0 Å². The molecule has 4 aromatic rings. The smallest absolute Gasteiger partial charge is 0.290 e. The van der Waals surface area contributed by atoms with Crippen LogP contribution in [0.25, 0.3) is 20.3 Å². The molecule has 4 rings (SSSR count). The number of nitrogens with one attached hydrogen (secondary N) is 3. The second-order valence-electron chi connectivity index (χ2n) is 6.30. The van der Waals surface area contributed by atoms with Crippen molar-refractivity contribution in [3.05, 3.63) is 51.3 Å². The highest BCUT2D eigenvalue weighted by Crippen LogP contribution is 2.34. The van der Waals surface area contributed by atoms with Gasteiger partial charge in [0.15, 0.2) is 10.8 Å². The van der Waals surface area contributed by atoms with Crippen molar-refractivity contribution >= 4 is 59.9 Å². The number of anilines is 1. The quantitative estimate of drug-likeness (QED) is 0.409. The van der Waals surface area contributed by atoms with Crippen LogP contribution in [-0.4, -0.2) is 40.1 Å². The third-order valence-electron chi connectivity index (χ3n) is 4.54. The maximum Gasteiger partial charge on any atom is 0.290 e. The Morgan fingerprint density at radius 1 is 1.07 bits per heavy atom. The van der Waals surface area contributed by atoms with Gasteiger partial charge in [-0.25, -0.2) is 10.1 Å². The van der Waals surface area contributed by atoms with E-state index in [0.717, 1.165) is 27.8 Å². The predicted molar refractivity (Wildman–Crippen MR) is 118 cm³/mol. The van der Waals surface area contributed by atoms with Gasteiger partial charge in [0.2, 0.25) is 0 Å². The summed E-state index contributed by atoms with van der Waals surface area (Å²) in [6.07, 6.45) is 0. The lowest BCUT2D eigenvalue weighted by Gasteiger charge is -2.16. The molecule has 0 aliphatic rings. The van der Waals surface area contributed by atoms with Crippen LogP contribution in [0, 0.1) is 0 Å². The zero-order valence-corrected chi connectivity index (χ0v) is 17.8. The molecule has 0 spiro atoms. The van der Waals surface area contributed by atoms with E-state index < -0.39 is 11.8 Å². The second kappa shape index (κ2) is 8.20. The highest BCUT2D eigenvalue weighted by molar-refractivity contribution is 7.29. The van der Waals surface area contributed by atoms with Crippen molar-refractivity contribution in [2.75, 3.05) is 18.0 Å². The molecule has 3 aromatic heterocycles. The third-order valence-corrected chi connectivity index (χ3v) is 6.76. The van der Waals surface area contributed by atoms with Crippen molar-refractivity contribution in [1.29, 1.82) is 0 Å². The average molecular weight is 443 g/mol. The van der Waals surface area contributed by atoms with Gasteiger partial charge in [0.05, 0.1) is 15.0 Å². The molecule has 1 aromatic carbocycles. The lowest BCUT2D eigenvalue weighted by Crippen LogP contribution is -2.42. The fourth-order valence-electron chi connectivity index (χ4n) is 2.99. The van der Waals surface area contributed by atoms with E-state index in [1.54, 1.807) is 30.3 Å². The van der Waals surface area contributed by atoms with Gasteiger partial charge in [0, 0.05) is 18.5 Å². The fraction of sp³-hybridized carbons (Fsp3) is 0.211. The number of thiazole rings is 1. The number of carbonyl (C=O) groups excluding carboxylic acids is 2. The standard InChI is InChI=1S/C19H18N6O3S2/c1-3-25(4-2)19-20-18-13(30-19)9-12(29-18)16(27)23-24-17(28)14-10-7-5-6-8-11(10)15(26)22-21-14/h5-9H,3-4H2,1-2H3,(H,22,26)(H,23,27)(H,24,28). The second-order valence-corrected chi connectivity index (χ2v) is 8.34. The molecule has 11 heteroatoms. The van der Waals surface area contributed by atoms with Gasteiger partial charge < -0.3 is 4.90 Å². The van der Waals surface area contributed by atoms with Crippen LogP contribution >= 0.6 is 22.7 Å². The lowest BCUT2D eigenvalue weighted by atomic mass is 10.1. The summed E-state index contributed by atoms with van der Waals surface area (Å²) in [5.74, 6) is -1.08. The number of amides is 2. The van der Waals surface area contributed by atoms with Crippen LogP contribution < -0.4 is 21.3 Å². The normalized spacial score (nSPS) is 11.0. The molecular weight excluding hydrogens is 424 g/mol. The van der Waals surface area contributed by atoms with Crippen LogP contribution in [0.3, 0.4) is 0 Å². The van der Waals surface area contributed by atoms with Gasteiger partial charge in [0.1, 0.15) is 4.83 Å². The minimum absolute atomic E-state index is 0.0168. The first-order chi connectivity index (χ1) is 14.5. The van der Waals surface area contributed by atoms with E-state index in [0.29, 0.717) is 15.6 Å². The van der Waals surface area contributed by atoms with E-state index in [2.05, 4.69) is 44.8 Å². The molecule has 0 saturated heterocycles. The van der Waals surface area contributed by atoms with Crippen LogP contribution in [0.4, 0.5) is 5.13 Å². The number of aromatic amines is 1. The average Bonchev–Trinajstić information content (AvgIpc) is 3.33. The number of thiophene rings is 1. The number of hydrogen-bond acceptors (Lipinski definition) is 8. The Hall–Kier alpha value is -3.31. The van der Waals surface area contributed by atoms with Gasteiger partial charge in [-0.1, -0.05) is 29.5 Å². The Morgan fingerprint density at radius 2 is 1.77 bits per heavy atom. The Morgan fingerprint density at radius 3 is 2.47 bits per heavy atom. The summed E-state index contributed by atoms with van der Waals surface area (Å²) in [4.78, 5) is 44.8. The van der Waals surface area contributed by atoms with Gasteiger partial charge in [-0.05, 0) is 26.0 Å². The predicted octanol–water partition coefficient (Wildman–Crippen LogP) is 2.52. The summed E-state index contributed by atoms with van der Waals surface area (Å²) < 4.78 is 0.923. The molecule has 0 saturated carbocycles. The molecule has 0 aliphatic carbocycles. The number of carbonyl (C=O) groups is 2. The highest BCUT2D eigenvalue weighted by Gasteiger charge is 2.18. The van der Waals surface area contributed by atoms with Crippen molar-refractivity contribution in [2.45, 2.75) is 13.8 Å². The van der Waals surface area contributed by atoms with Crippen molar-refractivity contribution in [3.8, 4) is 0 Å². The van der Waals surface area contributed by atoms with Gasteiger partial charge >= 0.3 is 0 Å². The van der Waals surface area contributed by atoms with Crippen molar-refractivity contribution in [1.82, 2.24) is 26.0 Å². The fourth-order valence-corrected chi connectivity index (χ4v) is 5.22. The van der Waals surface area contributed by atoms with Gasteiger partial charge in [-0.3, -0.25) is 25.2 Å². The molecule has 2 amide bonds. The SMILES string of the molecule is CCN(CC)c1nc2sc(C(=O)NNC(=O)c3n[nH]c(=O)c4ccccc34)cc2s1. The first kappa shape index (κ1) is 20.0. The molecule has 0 atom stereocenters. The number of hydrazine groups is 1. The maximum atomic E-state index is 12.5. The molecule has 154 valence electrons. The van der Waals surface area contributed by atoms with E-state index in [-0.39, 0.29) is 11.3 Å². The minimum Gasteiger partial charge on any atom is -0.349 e. The first-order valence-corrected chi connectivity index (χ1v) is 10.9. The maximum absolute atomic E-state index is 12.5. The van der Waals surface area contributed by atoms with Crippen LogP contribution in [0.15, 0.2) is 35.1 Å². The van der Waals surface area contributed by atoms with Gasteiger partial charge in [-0.2, -0.15) is 5.10 Å². The summed E-state index contributed by atoms with van der Waals surface area (Å²) in [6, 6.07) is 8.39. The molecule has 0 fully saturated rings. The third kappa shape index (κ3) is 3.64. The topological polar surface area (TPSA) is 120 Å². The summed E-state index contributed by atoms with van der Waals surface area (Å²) in [7, 11) is 0. The largest absolute Gasteiger partial charge is 0.349 e. The molecule has 30 heavy (non-hydrogen) atoms. The molecule has 0 bridgehead atoms. The Labute approximate surface area is 178 Å². The van der Waals surface area contributed by atoms with Gasteiger partial charge in [-0.15, -0.1) is 11.3 Å². The summed E-state index contributed by atoms with van der Waals surface area (Å²) in [5, 5.41) is 7.78. The van der Waals surface area contributed by atoms with Crippen molar-refractivity contribution in [2.24, 2.45) is 0 Å². The Balaban J connectivity index is 1.48. The first-order valence-electron chi connectivity index (χ1n) is 9.25. The molecule has 9 nitrogen and oxygen atoms in total. The number of rotatable bonds is 5. The molecular formula is C19H18N6O3S2. The summed E-state index contributed by atoms with van der Waals surface area (Å²) in [5.41, 5.74) is 4.37. The number of H-pyrrole nitrogens is 1. The van der Waals surface area contributed by atoms with E-state index in [4.69, 9.17) is 0 Å². The number of nitrogens with zero attached hydrogens (tertiary/aromatic N) is 3. The lowest BCUT2D eigenvalue weighted by molar-refractivity contribution is 0.0846. The molecule has 3 heterocycles. The number of hydrogen-bond donors (Lipinski definition) is 3. The minimum atomic E-state index is -0.629. The van der Waals surface area contributed by atoms with Crippen LogP contribution in [0.5, 0.6) is 0 Å². The molecule has 0 radical (unpaired) electrons. The zero-order valence-electron chi connectivity index (χ0n) is 16.2.